The van der Waals surface area contributed by atoms with Gasteiger partial charge in [0, 0.05) is 10.8 Å². The van der Waals surface area contributed by atoms with Crippen LogP contribution in [0.3, 0.4) is 0 Å². The van der Waals surface area contributed by atoms with Crippen LogP contribution in [-0.4, -0.2) is 28.2 Å². The molecule has 3 rings (SSSR count). The highest BCUT2D eigenvalue weighted by molar-refractivity contribution is 7.07. The number of nitrogens with one attached hydrogen (secondary N) is 1. The molecule has 0 saturated carbocycles. The first-order chi connectivity index (χ1) is 9.18. The standard InChI is InChI=1S/C13H18N4OS/c1-13(2,9-4-3-5-14-6-9)12-16-11(17-18-12)10-7-19-8-15-10/h7-9,14H,3-6H2,1-2H3. The third kappa shape index (κ3) is 2.42. The van der Waals surface area contributed by atoms with Gasteiger partial charge in [0.05, 0.1) is 5.51 Å². The Bertz CT molecular complexity index is 529. The molecule has 102 valence electrons. The van der Waals surface area contributed by atoms with Crippen LogP contribution in [0.2, 0.25) is 0 Å². The number of nitrogens with zero attached hydrogens (tertiary/aromatic N) is 3. The second-order valence-corrected chi connectivity index (χ2v) is 6.28. The minimum atomic E-state index is -0.102. The molecule has 0 aromatic carbocycles. The summed E-state index contributed by atoms with van der Waals surface area (Å²) in [5, 5.41) is 9.44. The van der Waals surface area contributed by atoms with Crippen molar-refractivity contribution < 1.29 is 4.52 Å². The van der Waals surface area contributed by atoms with Gasteiger partial charge in [0.2, 0.25) is 11.7 Å². The van der Waals surface area contributed by atoms with Crippen LogP contribution in [0.25, 0.3) is 11.5 Å². The molecule has 1 aliphatic heterocycles. The molecule has 0 radical (unpaired) electrons. The molecule has 6 heteroatoms. The quantitative estimate of drug-likeness (QED) is 0.934. The second-order valence-electron chi connectivity index (χ2n) is 5.56. The Morgan fingerprint density at radius 1 is 1.47 bits per heavy atom. The van der Waals surface area contributed by atoms with E-state index < -0.39 is 0 Å². The summed E-state index contributed by atoms with van der Waals surface area (Å²) in [4.78, 5) is 8.75. The summed E-state index contributed by atoms with van der Waals surface area (Å²) in [5.74, 6) is 1.84. The van der Waals surface area contributed by atoms with Crippen molar-refractivity contribution in [1.29, 1.82) is 0 Å². The predicted molar refractivity (Wildman–Crippen MR) is 74.0 cm³/mol. The van der Waals surface area contributed by atoms with Crippen LogP contribution in [0, 0.1) is 5.92 Å². The van der Waals surface area contributed by atoms with Gasteiger partial charge in [0.1, 0.15) is 5.69 Å². The molecule has 1 saturated heterocycles. The maximum atomic E-state index is 5.48. The fourth-order valence-electron chi connectivity index (χ4n) is 2.55. The molecule has 0 aliphatic carbocycles. The van der Waals surface area contributed by atoms with E-state index >= 15 is 0 Å². The van der Waals surface area contributed by atoms with Gasteiger partial charge in [0.15, 0.2) is 0 Å². The fraction of sp³-hybridized carbons (Fsp3) is 0.615. The first-order valence-corrected chi connectivity index (χ1v) is 7.55. The SMILES string of the molecule is CC(C)(c1nc(-c2cscn2)no1)C1CCCNC1. The molecule has 1 fully saturated rings. The van der Waals surface area contributed by atoms with Crippen molar-refractivity contribution in [3.63, 3.8) is 0 Å². The van der Waals surface area contributed by atoms with Crippen LogP contribution in [0.1, 0.15) is 32.6 Å². The summed E-state index contributed by atoms with van der Waals surface area (Å²) in [6, 6.07) is 0. The molecule has 19 heavy (non-hydrogen) atoms. The van der Waals surface area contributed by atoms with Crippen LogP contribution >= 0.6 is 11.3 Å². The summed E-state index contributed by atoms with van der Waals surface area (Å²) >= 11 is 1.54. The second kappa shape index (κ2) is 5.02. The molecule has 2 aromatic rings. The summed E-state index contributed by atoms with van der Waals surface area (Å²) in [5.41, 5.74) is 2.47. The van der Waals surface area contributed by atoms with Crippen molar-refractivity contribution >= 4 is 11.3 Å². The Labute approximate surface area is 116 Å². The molecule has 0 amide bonds. The van der Waals surface area contributed by atoms with E-state index in [1.54, 1.807) is 5.51 Å². The van der Waals surface area contributed by atoms with E-state index in [1.807, 2.05) is 5.38 Å². The fourth-order valence-corrected chi connectivity index (χ4v) is 3.09. The molecule has 1 aliphatic rings. The molecular formula is C13H18N4OS. The topological polar surface area (TPSA) is 63.8 Å². The molecule has 5 nitrogen and oxygen atoms in total. The molecule has 1 unspecified atom stereocenters. The number of hydrogen-bond donors (Lipinski definition) is 1. The lowest BCUT2D eigenvalue weighted by Crippen LogP contribution is -2.40. The van der Waals surface area contributed by atoms with Gasteiger partial charge in [-0.1, -0.05) is 19.0 Å². The zero-order valence-electron chi connectivity index (χ0n) is 11.2. The Kier molecular flexibility index (Phi) is 3.36. The minimum Gasteiger partial charge on any atom is -0.338 e. The van der Waals surface area contributed by atoms with Gasteiger partial charge in [-0.25, -0.2) is 4.98 Å². The van der Waals surface area contributed by atoms with Crippen LogP contribution in [-0.2, 0) is 5.41 Å². The van der Waals surface area contributed by atoms with Crippen LogP contribution in [0.15, 0.2) is 15.4 Å². The van der Waals surface area contributed by atoms with E-state index in [1.165, 1.54) is 24.2 Å². The number of piperidine rings is 1. The van der Waals surface area contributed by atoms with Crippen molar-refractivity contribution in [1.82, 2.24) is 20.4 Å². The normalized spacial score (nSPS) is 20.6. The van der Waals surface area contributed by atoms with Crippen LogP contribution in [0.5, 0.6) is 0 Å². The summed E-state index contributed by atoms with van der Waals surface area (Å²) in [7, 11) is 0. The molecule has 1 atom stereocenters. The van der Waals surface area contributed by atoms with E-state index in [9.17, 15) is 0 Å². The smallest absolute Gasteiger partial charge is 0.232 e. The van der Waals surface area contributed by atoms with E-state index in [4.69, 9.17) is 4.52 Å². The summed E-state index contributed by atoms with van der Waals surface area (Å²) in [6.07, 6.45) is 2.41. The number of hydrogen-bond acceptors (Lipinski definition) is 6. The lowest BCUT2D eigenvalue weighted by molar-refractivity contribution is 0.196. The van der Waals surface area contributed by atoms with Gasteiger partial charge in [-0.05, 0) is 31.8 Å². The van der Waals surface area contributed by atoms with E-state index in [0.717, 1.165) is 18.8 Å². The Hall–Kier alpha value is -1.27. The Morgan fingerprint density at radius 3 is 3.05 bits per heavy atom. The number of aromatic nitrogens is 3. The molecule has 0 bridgehead atoms. The third-order valence-corrected chi connectivity index (χ3v) is 4.54. The Morgan fingerprint density at radius 2 is 2.37 bits per heavy atom. The van der Waals surface area contributed by atoms with Crippen molar-refractivity contribution in [2.45, 2.75) is 32.1 Å². The molecule has 0 spiro atoms. The van der Waals surface area contributed by atoms with Gasteiger partial charge in [0.25, 0.3) is 0 Å². The highest BCUT2D eigenvalue weighted by Crippen LogP contribution is 2.35. The highest BCUT2D eigenvalue weighted by atomic mass is 32.1. The summed E-state index contributed by atoms with van der Waals surface area (Å²) in [6.45, 7) is 6.49. The van der Waals surface area contributed by atoms with Gasteiger partial charge in [-0.2, -0.15) is 4.98 Å². The number of thiazole rings is 1. The first-order valence-electron chi connectivity index (χ1n) is 6.61. The lowest BCUT2D eigenvalue weighted by atomic mass is 9.75. The van der Waals surface area contributed by atoms with E-state index in [0.29, 0.717) is 17.6 Å². The van der Waals surface area contributed by atoms with Gasteiger partial charge in [-0.15, -0.1) is 11.3 Å². The maximum Gasteiger partial charge on any atom is 0.232 e. The highest BCUT2D eigenvalue weighted by Gasteiger charge is 2.37. The first kappa shape index (κ1) is 12.7. The lowest BCUT2D eigenvalue weighted by Gasteiger charge is -2.34. The average Bonchev–Trinajstić information content (AvgIpc) is 3.10. The van der Waals surface area contributed by atoms with Gasteiger partial charge >= 0.3 is 0 Å². The van der Waals surface area contributed by atoms with Crippen LogP contribution in [0.4, 0.5) is 0 Å². The minimum absolute atomic E-state index is 0.102. The van der Waals surface area contributed by atoms with Crippen molar-refractivity contribution in [3.05, 3.63) is 16.8 Å². The molecule has 3 heterocycles. The van der Waals surface area contributed by atoms with Crippen molar-refractivity contribution in [2.75, 3.05) is 13.1 Å². The van der Waals surface area contributed by atoms with Crippen molar-refractivity contribution in [3.8, 4) is 11.5 Å². The van der Waals surface area contributed by atoms with Crippen LogP contribution < -0.4 is 5.32 Å². The van der Waals surface area contributed by atoms with Gasteiger partial charge < -0.3 is 9.84 Å². The molecular weight excluding hydrogens is 260 g/mol. The molecule has 1 N–H and O–H groups in total. The third-order valence-electron chi connectivity index (χ3n) is 3.96. The largest absolute Gasteiger partial charge is 0.338 e. The Balaban J connectivity index is 1.84. The van der Waals surface area contributed by atoms with Crippen molar-refractivity contribution in [2.24, 2.45) is 5.92 Å². The molecule has 2 aromatic heterocycles. The predicted octanol–water partition coefficient (Wildman–Crippen LogP) is 2.47. The zero-order chi connectivity index (χ0) is 13.3. The maximum absolute atomic E-state index is 5.48. The van der Waals surface area contributed by atoms with Gasteiger partial charge in [-0.3, -0.25) is 0 Å². The van der Waals surface area contributed by atoms with E-state index in [-0.39, 0.29) is 5.41 Å². The number of rotatable bonds is 3. The average molecular weight is 278 g/mol. The zero-order valence-corrected chi connectivity index (χ0v) is 12.0. The monoisotopic (exact) mass is 278 g/mol. The summed E-state index contributed by atoms with van der Waals surface area (Å²) < 4.78 is 5.48. The van der Waals surface area contributed by atoms with E-state index in [2.05, 4.69) is 34.3 Å².